The summed E-state index contributed by atoms with van der Waals surface area (Å²) >= 11 is 6.29. The van der Waals surface area contributed by atoms with Gasteiger partial charge in [0.15, 0.2) is 0 Å². The SMILES string of the molecule is CCCCCCCC[C@@H]1CC[C@@H]2[C@@H]3CC=C4C[C@@H](OC(=O)[C@H](Cl)C(C)C)CC[C@]4(C)[C@H]3CC[C@]12C. The molecule has 3 fully saturated rings. The van der Waals surface area contributed by atoms with E-state index in [4.69, 9.17) is 16.3 Å². The van der Waals surface area contributed by atoms with Crippen LogP contribution in [-0.2, 0) is 9.53 Å². The Hall–Kier alpha value is -0.500. The Morgan fingerprint density at radius 1 is 1.03 bits per heavy atom. The molecule has 0 unspecified atom stereocenters. The number of halogens is 1. The van der Waals surface area contributed by atoms with Gasteiger partial charge in [-0.3, -0.25) is 4.79 Å². The van der Waals surface area contributed by atoms with Crippen LogP contribution in [0.3, 0.4) is 0 Å². The van der Waals surface area contributed by atoms with Crippen molar-refractivity contribution >= 4 is 17.6 Å². The molecule has 2 nitrogen and oxygen atoms in total. The zero-order chi connectivity index (χ0) is 25.2. The van der Waals surface area contributed by atoms with E-state index in [-0.39, 0.29) is 18.0 Å². The standard InChI is InChI=1S/C32H53ClO2/c1-6-7-8-9-10-11-12-23-14-16-27-26-15-13-24-21-25(35-30(34)29(33)22(2)3)17-19-32(24,5)28(26)18-20-31(23,27)4/h13,22-23,25-29H,6-12,14-21H2,1-5H3/t23-,25+,26+,27-,28+,29-,31-,32+/m1/s1. The molecule has 0 aliphatic heterocycles. The number of rotatable bonds is 10. The molecule has 0 aromatic rings. The first kappa shape index (κ1) is 27.5. The lowest BCUT2D eigenvalue weighted by Crippen LogP contribution is -2.50. The van der Waals surface area contributed by atoms with Crippen LogP contribution in [0, 0.1) is 40.4 Å². The molecule has 0 aromatic carbocycles. The van der Waals surface area contributed by atoms with E-state index in [1.807, 2.05) is 13.8 Å². The highest BCUT2D eigenvalue weighted by molar-refractivity contribution is 6.30. The van der Waals surface area contributed by atoms with Gasteiger partial charge < -0.3 is 4.74 Å². The van der Waals surface area contributed by atoms with Gasteiger partial charge in [0.1, 0.15) is 11.5 Å². The maximum absolute atomic E-state index is 12.5. The third-order valence-electron chi connectivity index (χ3n) is 11.3. The fraction of sp³-hybridized carbons (Fsp3) is 0.906. The van der Waals surface area contributed by atoms with E-state index in [0.29, 0.717) is 10.8 Å². The molecule has 0 amide bonds. The number of carbonyl (C=O) groups excluding carboxylic acids is 1. The number of carbonyl (C=O) groups is 1. The second-order valence-electron chi connectivity index (χ2n) is 13.6. The lowest BCUT2D eigenvalue weighted by atomic mass is 9.47. The summed E-state index contributed by atoms with van der Waals surface area (Å²) in [4.78, 5) is 12.5. The van der Waals surface area contributed by atoms with Crippen LogP contribution >= 0.6 is 11.6 Å². The highest BCUT2D eigenvalue weighted by atomic mass is 35.5. The van der Waals surface area contributed by atoms with E-state index in [0.717, 1.165) is 42.9 Å². The van der Waals surface area contributed by atoms with Gasteiger partial charge in [0.05, 0.1) is 0 Å². The summed E-state index contributed by atoms with van der Waals surface area (Å²) in [5.74, 6) is 3.45. The highest BCUT2D eigenvalue weighted by Gasteiger charge is 2.58. The lowest BCUT2D eigenvalue weighted by Gasteiger charge is -2.58. The summed E-state index contributed by atoms with van der Waals surface area (Å²) in [6.45, 7) is 11.5. The summed E-state index contributed by atoms with van der Waals surface area (Å²) in [5, 5.41) is -0.532. The van der Waals surface area contributed by atoms with Crippen LogP contribution < -0.4 is 0 Å². The topological polar surface area (TPSA) is 26.3 Å². The summed E-state index contributed by atoms with van der Waals surface area (Å²) in [6, 6.07) is 0. The molecule has 4 aliphatic carbocycles. The van der Waals surface area contributed by atoms with E-state index in [9.17, 15) is 4.79 Å². The molecule has 3 saturated carbocycles. The lowest BCUT2D eigenvalue weighted by molar-refractivity contribution is -0.151. The zero-order valence-corrected chi connectivity index (χ0v) is 24.2. The molecule has 35 heavy (non-hydrogen) atoms. The second kappa shape index (κ2) is 11.5. The van der Waals surface area contributed by atoms with Gasteiger partial charge in [-0.2, -0.15) is 0 Å². The van der Waals surface area contributed by atoms with Crippen LogP contribution in [0.1, 0.15) is 131 Å². The molecule has 0 saturated heterocycles. The van der Waals surface area contributed by atoms with Gasteiger partial charge in [-0.25, -0.2) is 0 Å². The first-order chi connectivity index (χ1) is 16.7. The van der Waals surface area contributed by atoms with Crippen LogP contribution in [0.2, 0.25) is 0 Å². The number of esters is 1. The summed E-state index contributed by atoms with van der Waals surface area (Å²) in [5.41, 5.74) is 2.47. The molecule has 0 spiro atoms. The fourth-order valence-electron chi connectivity index (χ4n) is 8.98. The number of ether oxygens (including phenoxy) is 1. The van der Waals surface area contributed by atoms with E-state index in [1.165, 1.54) is 77.0 Å². The molecular formula is C32H53ClO2. The minimum atomic E-state index is -0.532. The highest BCUT2D eigenvalue weighted by Crippen LogP contribution is 2.66. The van der Waals surface area contributed by atoms with Gasteiger partial charge in [0.25, 0.3) is 0 Å². The minimum Gasteiger partial charge on any atom is -0.461 e. The predicted molar refractivity (Wildman–Crippen MR) is 148 cm³/mol. The quantitative estimate of drug-likeness (QED) is 0.128. The number of fused-ring (bicyclic) bond motifs is 5. The fourth-order valence-corrected chi connectivity index (χ4v) is 9.04. The summed E-state index contributed by atoms with van der Waals surface area (Å²) < 4.78 is 5.90. The average Bonchev–Trinajstić information content (AvgIpc) is 3.17. The summed E-state index contributed by atoms with van der Waals surface area (Å²) in [6.07, 6.45) is 22.7. The first-order valence-electron chi connectivity index (χ1n) is 15.2. The van der Waals surface area contributed by atoms with Gasteiger partial charge in [-0.1, -0.05) is 84.8 Å². The van der Waals surface area contributed by atoms with Crippen LogP contribution in [0.4, 0.5) is 0 Å². The van der Waals surface area contributed by atoms with Crippen LogP contribution in [0.15, 0.2) is 11.6 Å². The molecule has 4 rings (SSSR count). The molecule has 4 aliphatic rings. The number of allylic oxidation sites excluding steroid dienone is 1. The number of unbranched alkanes of at least 4 members (excludes halogenated alkanes) is 5. The second-order valence-corrected chi connectivity index (χ2v) is 14.1. The average molecular weight is 505 g/mol. The summed E-state index contributed by atoms with van der Waals surface area (Å²) in [7, 11) is 0. The largest absolute Gasteiger partial charge is 0.461 e. The predicted octanol–water partition coefficient (Wildman–Crippen LogP) is 9.49. The molecule has 200 valence electrons. The van der Waals surface area contributed by atoms with Crippen LogP contribution in [-0.4, -0.2) is 17.5 Å². The molecular weight excluding hydrogens is 452 g/mol. The smallest absolute Gasteiger partial charge is 0.324 e. The van der Waals surface area contributed by atoms with Crippen molar-refractivity contribution in [3.8, 4) is 0 Å². The Balaban J connectivity index is 1.36. The van der Waals surface area contributed by atoms with Gasteiger partial charge >= 0.3 is 5.97 Å². The first-order valence-corrected chi connectivity index (χ1v) is 15.7. The number of hydrogen-bond donors (Lipinski definition) is 0. The van der Waals surface area contributed by atoms with E-state index in [2.05, 4.69) is 26.8 Å². The van der Waals surface area contributed by atoms with Crippen molar-refractivity contribution in [3.05, 3.63) is 11.6 Å². The molecule has 8 atom stereocenters. The Bertz CT molecular complexity index is 759. The Labute approximate surface area is 221 Å². The molecule has 0 bridgehead atoms. The van der Waals surface area contributed by atoms with Crippen LogP contribution in [0.5, 0.6) is 0 Å². The molecule has 0 radical (unpaired) electrons. The van der Waals surface area contributed by atoms with E-state index in [1.54, 1.807) is 5.57 Å². The van der Waals surface area contributed by atoms with Crippen molar-refractivity contribution in [2.24, 2.45) is 40.4 Å². The Morgan fingerprint density at radius 2 is 1.77 bits per heavy atom. The van der Waals surface area contributed by atoms with Gasteiger partial charge in [-0.05, 0) is 91.8 Å². The Kier molecular flexibility index (Phi) is 9.04. The Morgan fingerprint density at radius 3 is 2.51 bits per heavy atom. The molecule has 0 N–H and O–H groups in total. The number of alkyl halides is 1. The van der Waals surface area contributed by atoms with Crippen molar-refractivity contribution in [3.63, 3.8) is 0 Å². The maximum Gasteiger partial charge on any atom is 0.324 e. The van der Waals surface area contributed by atoms with E-state index >= 15 is 0 Å². The zero-order valence-electron chi connectivity index (χ0n) is 23.4. The number of hydrogen-bond acceptors (Lipinski definition) is 2. The van der Waals surface area contributed by atoms with Gasteiger partial charge in [-0.15, -0.1) is 11.6 Å². The third kappa shape index (κ3) is 5.53. The molecule has 3 heteroatoms. The van der Waals surface area contributed by atoms with Gasteiger partial charge in [0.2, 0.25) is 0 Å². The third-order valence-corrected chi connectivity index (χ3v) is 11.9. The van der Waals surface area contributed by atoms with Crippen molar-refractivity contribution in [2.75, 3.05) is 0 Å². The van der Waals surface area contributed by atoms with Crippen molar-refractivity contribution in [1.82, 2.24) is 0 Å². The van der Waals surface area contributed by atoms with Gasteiger partial charge in [0, 0.05) is 6.42 Å². The van der Waals surface area contributed by atoms with Crippen LogP contribution in [0.25, 0.3) is 0 Å². The normalized spacial score (nSPS) is 39.4. The van der Waals surface area contributed by atoms with Crippen molar-refractivity contribution in [1.29, 1.82) is 0 Å². The maximum atomic E-state index is 12.5. The minimum absolute atomic E-state index is 0.0143. The molecule has 0 aromatic heterocycles. The van der Waals surface area contributed by atoms with Crippen molar-refractivity contribution in [2.45, 2.75) is 142 Å². The molecule has 0 heterocycles. The van der Waals surface area contributed by atoms with E-state index < -0.39 is 5.38 Å². The monoisotopic (exact) mass is 504 g/mol. The van der Waals surface area contributed by atoms with Crippen molar-refractivity contribution < 1.29 is 9.53 Å².